The molecule has 0 bridgehead atoms. The number of rotatable bonds is 5. The van der Waals surface area contributed by atoms with Crippen molar-refractivity contribution < 1.29 is 18.4 Å². The molecule has 6 heteroatoms. The quantitative estimate of drug-likeness (QED) is 0.790. The lowest BCUT2D eigenvalue weighted by Crippen LogP contribution is -2.23. The predicted octanol–water partition coefficient (Wildman–Crippen LogP) is 4.36. The van der Waals surface area contributed by atoms with Crippen LogP contribution in [0.5, 0.6) is 0 Å². The minimum Gasteiger partial charge on any atom is -0.325 e. The van der Waals surface area contributed by atoms with E-state index in [1.807, 2.05) is 39.0 Å². The van der Waals surface area contributed by atoms with Crippen LogP contribution in [0.1, 0.15) is 37.3 Å². The topological polar surface area (TPSA) is 58.2 Å². The molecule has 4 nitrogen and oxygen atoms in total. The number of amides is 2. The Labute approximate surface area is 145 Å². The number of halogens is 2. The zero-order chi connectivity index (χ0) is 18.6. The fourth-order valence-corrected chi connectivity index (χ4v) is 2.47. The first-order valence-electron chi connectivity index (χ1n) is 7.92. The summed E-state index contributed by atoms with van der Waals surface area (Å²) in [5.41, 5.74) is 1.93. The molecule has 2 aromatic carbocycles. The Morgan fingerprint density at radius 2 is 1.44 bits per heavy atom. The molecular weight excluding hydrogens is 326 g/mol. The van der Waals surface area contributed by atoms with Gasteiger partial charge in [0.25, 0.3) is 0 Å². The number of carbonyl (C=O) groups excluding carboxylic acids is 2. The van der Waals surface area contributed by atoms with E-state index in [9.17, 15) is 18.4 Å². The maximum atomic E-state index is 13.5. The van der Waals surface area contributed by atoms with Crippen LogP contribution in [0.3, 0.4) is 0 Å². The summed E-state index contributed by atoms with van der Waals surface area (Å²) in [4.78, 5) is 24.1. The maximum absolute atomic E-state index is 13.5. The van der Waals surface area contributed by atoms with Gasteiger partial charge in [-0.3, -0.25) is 9.59 Å². The molecule has 0 aliphatic carbocycles. The highest BCUT2D eigenvalue weighted by Gasteiger charge is 2.17. The summed E-state index contributed by atoms with van der Waals surface area (Å²) in [5, 5.41) is 4.82. The Morgan fingerprint density at radius 3 is 2.00 bits per heavy atom. The van der Waals surface area contributed by atoms with Crippen LogP contribution in [0.25, 0.3) is 0 Å². The molecular formula is C19H20F2N2O2. The van der Waals surface area contributed by atoms with Crippen molar-refractivity contribution in [2.75, 3.05) is 10.6 Å². The van der Waals surface area contributed by atoms with E-state index in [0.717, 1.165) is 23.3 Å². The zero-order valence-electron chi connectivity index (χ0n) is 14.3. The molecule has 0 spiro atoms. The summed E-state index contributed by atoms with van der Waals surface area (Å²) in [6, 6.07) is 8.91. The van der Waals surface area contributed by atoms with Gasteiger partial charge in [-0.2, -0.15) is 0 Å². The van der Waals surface area contributed by atoms with Crippen molar-refractivity contribution >= 4 is 23.2 Å². The summed E-state index contributed by atoms with van der Waals surface area (Å²) in [7, 11) is 0. The fraction of sp³-hybridized carbons (Fsp3) is 0.263. The van der Waals surface area contributed by atoms with Crippen LogP contribution < -0.4 is 10.6 Å². The van der Waals surface area contributed by atoms with E-state index in [-0.39, 0.29) is 5.92 Å². The molecule has 0 aliphatic rings. The molecule has 0 atom stereocenters. The van der Waals surface area contributed by atoms with Gasteiger partial charge in [0.05, 0.1) is 0 Å². The van der Waals surface area contributed by atoms with Gasteiger partial charge in [0, 0.05) is 5.69 Å². The standard InChI is InChI=1S/C19H20F2N2O2/c1-11(2)13-7-4-6-12(3)18(13)22-16(24)10-17(25)23-19-14(20)8-5-9-15(19)21/h4-9,11H,10H2,1-3H3,(H,22,24)(H,23,25). The van der Waals surface area contributed by atoms with Crippen molar-refractivity contribution in [2.24, 2.45) is 0 Å². The Hall–Kier alpha value is -2.76. The molecule has 0 aromatic heterocycles. The van der Waals surface area contributed by atoms with Crippen LogP contribution in [0.15, 0.2) is 36.4 Å². The number of para-hydroxylation sites is 2. The van der Waals surface area contributed by atoms with E-state index in [0.29, 0.717) is 5.69 Å². The molecule has 2 aromatic rings. The lowest BCUT2D eigenvalue weighted by molar-refractivity contribution is -0.123. The lowest BCUT2D eigenvalue weighted by atomic mass is 9.98. The molecule has 2 N–H and O–H groups in total. The summed E-state index contributed by atoms with van der Waals surface area (Å²) >= 11 is 0. The SMILES string of the molecule is Cc1cccc(C(C)C)c1NC(=O)CC(=O)Nc1c(F)cccc1F. The maximum Gasteiger partial charge on any atom is 0.233 e. The van der Waals surface area contributed by atoms with Crippen molar-refractivity contribution in [3.05, 3.63) is 59.2 Å². The molecule has 2 amide bonds. The van der Waals surface area contributed by atoms with Crippen LogP contribution >= 0.6 is 0 Å². The normalized spacial score (nSPS) is 10.6. The van der Waals surface area contributed by atoms with E-state index in [1.165, 1.54) is 6.07 Å². The Balaban J connectivity index is 2.07. The number of hydrogen-bond donors (Lipinski definition) is 2. The second-order valence-corrected chi connectivity index (χ2v) is 6.06. The molecule has 0 fully saturated rings. The van der Waals surface area contributed by atoms with Crippen molar-refractivity contribution in [1.82, 2.24) is 0 Å². The molecule has 0 unspecified atom stereocenters. The molecule has 0 heterocycles. The minimum absolute atomic E-state index is 0.191. The number of carbonyl (C=O) groups is 2. The molecule has 0 aliphatic heterocycles. The monoisotopic (exact) mass is 346 g/mol. The first-order valence-corrected chi connectivity index (χ1v) is 7.92. The number of nitrogens with one attached hydrogen (secondary N) is 2. The van der Waals surface area contributed by atoms with Crippen molar-refractivity contribution in [2.45, 2.75) is 33.1 Å². The molecule has 0 saturated carbocycles. The van der Waals surface area contributed by atoms with Crippen molar-refractivity contribution in [3.63, 3.8) is 0 Å². The molecule has 25 heavy (non-hydrogen) atoms. The van der Waals surface area contributed by atoms with Crippen LogP contribution in [0.2, 0.25) is 0 Å². The highest BCUT2D eigenvalue weighted by Crippen LogP contribution is 2.27. The fourth-order valence-electron chi connectivity index (χ4n) is 2.47. The van der Waals surface area contributed by atoms with Crippen LogP contribution in [-0.2, 0) is 9.59 Å². The average Bonchev–Trinajstić information content (AvgIpc) is 2.52. The molecule has 0 radical (unpaired) electrons. The first-order chi connectivity index (χ1) is 11.8. The Kier molecular flexibility index (Phi) is 5.85. The molecule has 132 valence electrons. The van der Waals surface area contributed by atoms with E-state index >= 15 is 0 Å². The van der Waals surface area contributed by atoms with Gasteiger partial charge in [0.15, 0.2) is 0 Å². The minimum atomic E-state index is -0.894. The van der Waals surface area contributed by atoms with Gasteiger partial charge in [0.2, 0.25) is 11.8 Å². The smallest absolute Gasteiger partial charge is 0.233 e. The van der Waals surface area contributed by atoms with E-state index in [2.05, 4.69) is 10.6 Å². The van der Waals surface area contributed by atoms with Gasteiger partial charge in [-0.1, -0.05) is 38.1 Å². The summed E-state index contributed by atoms with van der Waals surface area (Å²) in [6.45, 7) is 5.85. The zero-order valence-corrected chi connectivity index (χ0v) is 14.3. The third kappa shape index (κ3) is 4.62. The van der Waals surface area contributed by atoms with Crippen LogP contribution in [0, 0.1) is 18.6 Å². The third-order valence-electron chi connectivity index (χ3n) is 3.74. The number of anilines is 2. The molecule has 2 rings (SSSR count). The van der Waals surface area contributed by atoms with Gasteiger partial charge in [0.1, 0.15) is 23.7 Å². The van der Waals surface area contributed by atoms with Gasteiger partial charge in [-0.25, -0.2) is 8.78 Å². The first kappa shape index (κ1) is 18.6. The highest BCUT2D eigenvalue weighted by atomic mass is 19.1. The number of aryl methyl sites for hydroxylation is 1. The van der Waals surface area contributed by atoms with Gasteiger partial charge >= 0.3 is 0 Å². The van der Waals surface area contributed by atoms with E-state index < -0.39 is 35.6 Å². The van der Waals surface area contributed by atoms with Crippen LogP contribution in [0.4, 0.5) is 20.2 Å². The van der Waals surface area contributed by atoms with Gasteiger partial charge < -0.3 is 10.6 Å². The lowest BCUT2D eigenvalue weighted by Gasteiger charge is -2.16. The summed E-state index contributed by atoms with van der Waals surface area (Å²) in [6.07, 6.45) is -0.542. The number of hydrogen-bond acceptors (Lipinski definition) is 2. The second-order valence-electron chi connectivity index (χ2n) is 6.06. The number of benzene rings is 2. The Bertz CT molecular complexity index is 784. The largest absolute Gasteiger partial charge is 0.325 e. The van der Waals surface area contributed by atoms with Crippen molar-refractivity contribution in [3.8, 4) is 0 Å². The molecule has 0 saturated heterocycles. The summed E-state index contributed by atoms with van der Waals surface area (Å²) in [5.74, 6) is -2.94. The van der Waals surface area contributed by atoms with Gasteiger partial charge in [-0.05, 0) is 36.1 Å². The summed E-state index contributed by atoms with van der Waals surface area (Å²) < 4.78 is 27.1. The van der Waals surface area contributed by atoms with E-state index in [1.54, 1.807) is 0 Å². The second kappa shape index (κ2) is 7.88. The van der Waals surface area contributed by atoms with Gasteiger partial charge in [-0.15, -0.1) is 0 Å². The average molecular weight is 346 g/mol. The third-order valence-corrected chi connectivity index (χ3v) is 3.74. The van der Waals surface area contributed by atoms with Crippen molar-refractivity contribution in [1.29, 1.82) is 0 Å². The van der Waals surface area contributed by atoms with Crippen LogP contribution in [-0.4, -0.2) is 11.8 Å². The predicted molar refractivity (Wildman–Crippen MR) is 93.5 cm³/mol. The van der Waals surface area contributed by atoms with E-state index in [4.69, 9.17) is 0 Å². The Morgan fingerprint density at radius 1 is 0.920 bits per heavy atom. The highest BCUT2D eigenvalue weighted by molar-refractivity contribution is 6.08.